The van der Waals surface area contributed by atoms with Crippen LogP contribution in [0.4, 0.5) is 13.2 Å². The Morgan fingerprint density at radius 3 is 2.60 bits per heavy atom. The number of aryl methyl sites for hydroxylation is 1. The van der Waals surface area contributed by atoms with Crippen molar-refractivity contribution in [2.45, 2.75) is 13.1 Å². The number of rotatable bonds is 3. The van der Waals surface area contributed by atoms with E-state index in [0.717, 1.165) is 10.9 Å². The van der Waals surface area contributed by atoms with Crippen molar-refractivity contribution in [2.24, 2.45) is 7.05 Å². The number of carbonyl (C=O) groups is 1. The Kier molecular flexibility index (Phi) is 3.51. The molecule has 20 heavy (non-hydrogen) atoms. The molecule has 0 aliphatic heterocycles. The second kappa shape index (κ2) is 4.99. The third kappa shape index (κ3) is 2.65. The van der Waals surface area contributed by atoms with Gasteiger partial charge < -0.3 is 9.30 Å². The number of carbonyl (C=O) groups excluding carboxylic acids is 1. The number of hydrogen-bond donors (Lipinski definition) is 0. The summed E-state index contributed by atoms with van der Waals surface area (Å²) in [5.41, 5.74) is -1.92. The molecule has 9 heteroatoms. The van der Waals surface area contributed by atoms with Crippen molar-refractivity contribution >= 4 is 5.97 Å². The average Bonchev–Trinajstić information content (AvgIpc) is 2.94. The number of esters is 1. The van der Waals surface area contributed by atoms with Crippen LogP contribution in [0.1, 0.15) is 23.0 Å². The molecule has 0 fully saturated rings. The Bertz CT molecular complexity index is 630. The molecular formula is C11H11F3N4O2. The molecule has 0 N–H and O–H groups in total. The number of nitrogens with zero attached hydrogens (tertiary/aromatic N) is 4. The second-order valence-electron chi connectivity index (χ2n) is 3.95. The Balaban J connectivity index is 2.50. The molecule has 0 saturated heterocycles. The maximum Gasteiger partial charge on any atom is 0.436 e. The van der Waals surface area contributed by atoms with Gasteiger partial charge in [0.15, 0.2) is 11.5 Å². The Hall–Kier alpha value is -2.32. The third-order valence-corrected chi connectivity index (χ3v) is 2.40. The lowest BCUT2D eigenvalue weighted by Crippen LogP contribution is -2.14. The number of aromatic nitrogens is 4. The summed E-state index contributed by atoms with van der Waals surface area (Å²) in [4.78, 5) is 15.4. The minimum Gasteiger partial charge on any atom is -0.462 e. The molecule has 108 valence electrons. The lowest BCUT2D eigenvalue weighted by atomic mass is 10.2. The highest BCUT2D eigenvalue weighted by molar-refractivity contribution is 5.90. The van der Waals surface area contributed by atoms with E-state index in [1.807, 2.05) is 0 Å². The van der Waals surface area contributed by atoms with Gasteiger partial charge in [-0.15, -0.1) is 0 Å². The predicted molar refractivity (Wildman–Crippen MR) is 61.3 cm³/mol. The molecule has 2 aromatic heterocycles. The van der Waals surface area contributed by atoms with Crippen molar-refractivity contribution in [3.05, 3.63) is 30.0 Å². The van der Waals surface area contributed by atoms with Gasteiger partial charge in [0.1, 0.15) is 5.56 Å². The summed E-state index contributed by atoms with van der Waals surface area (Å²) in [5.74, 6) is -0.893. The van der Waals surface area contributed by atoms with Crippen molar-refractivity contribution in [3.8, 4) is 5.82 Å². The van der Waals surface area contributed by atoms with E-state index in [2.05, 4.69) is 14.8 Å². The Morgan fingerprint density at radius 1 is 1.40 bits per heavy atom. The maximum absolute atomic E-state index is 12.9. The SMILES string of the molecule is CCOC(=O)c1cn(-c2cn(C)cn2)nc1C(F)(F)F. The van der Waals surface area contributed by atoms with E-state index < -0.39 is 23.4 Å². The summed E-state index contributed by atoms with van der Waals surface area (Å²) in [7, 11) is 1.66. The van der Waals surface area contributed by atoms with Gasteiger partial charge >= 0.3 is 12.1 Å². The minimum absolute atomic E-state index is 0.0229. The summed E-state index contributed by atoms with van der Waals surface area (Å²) in [6.45, 7) is 1.49. The molecular weight excluding hydrogens is 277 g/mol. The van der Waals surface area contributed by atoms with Gasteiger partial charge in [-0.2, -0.15) is 18.3 Å². The molecule has 0 bridgehead atoms. The molecule has 0 atom stereocenters. The standard InChI is InChI=1S/C11H11F3N4O2/c1-3-20-10(19)7-4-18(8-5-17(2)6-15-8)16-9(7)11(12,13)14/h4-6H,3H2,1-2H3. The molecule has 6 nitrogen and oxygen atoms in total. The number of alkyl halides is 3. The molecule has 2 heterocycles. The minimum atomic E-state index is -4.75. The zero-order chi connectivity index (χ0) is 14.9. The Morgan fingerprint density at radius 2 is 2.10 bits per heavy atom. The van der Waals surface area contributed by atoms with Crippen molar-refractivity contribution < 1.29 is 22.7 Å². The first kappa shape index (κ1) is 14.1. The summed E-state index contributed by atoms with van der Waals surface area (Å²) >= 11 is 0. The van der Waals surface area contributed by atoms with Gasteiger partial charge in [-0.25, -0.2) is 14.5 Å². The monoisotopic (exact) mass is 288 g/mol. The van der Waals surface area contributed by atoms with E-state index in [1.165, 1.54) is 19.4 Å². The lowest BCUT2D eigenvalue weighted by Gasteiger charge is -2.04. The van der Waals surface area contributed by atoms with Crippen molar-refractivity contribution in [3.63, 3.8) is 0 Å². The van der Waals surface area contributed by atoms with Crippen LogP contribution >= 0.6 is 0 Å². The fourth-order valence-electron chi connectivity index (χ4n) is 1.58. The van der Waals surface area contributed by atoms with Crippen molar-refractivity contribution in [2.75, 3.05) is 6.61 Å². The zero-order valence-electron chi connectivity index (χ0n) is 10.7. The van der Waals surface area contributed by atoms with Crippen LogP contribution in [-0.2, 0) is 18.0 Å². The summed E-state index contributed by atoms with van der Waals surface area (Å²) in [5, 5.41) is 3.38. The van der Waals surface area contributed by atoms with Crippen molar-refractivity contribution in [1.82, 2.24) is 19.3 Å². The lowest BCUT2D eigenvalue weighted by molar-refractivity contribution is -0.141. The molecule has 0 aromatic carbocycles. The number of imidazole rings is 1. The van der Waals surface area contributed by atoms with Gasteiger partial charge in [0.25, 0.3) is 0 Å². The molecule has 0 unspecified atom stereocenters. The van der Waals surface area contributed by atoms with Gasteiger partial charge in [0.05, 0.1) is 12.9 Å². The van der Waals surface area contributed by atoms with Crippen LogP contribution < -0.4 is 0 Å². The first-order valence-corrected chi connectivity index (χ1v) is 5.65. The average molecular weight is 288 g/mol. The summed E-state index contributed by atoms with van der Waals surface area (Å²) in [6.07, 6.45) is -0.901. The zero-order valence-corrected chi connectivity index (χ0v) is 10.7. The normalized spacial score (nSPS) is 11.7. The van der Waals surface area contributed by atoms with Crippen LogP contribution in [0.15, 0.2) is 18.7 Å². The smallest absolute Gasteiger partial charge is 0.436 e. The first-order valence-electron chi connectivity index (χ1n) is 5.65. The topological polar surface area (TPSA) is 61.9 Å². The van der Waals surface area contributed by atoms with Crippen molar-refractivity contribution in [1.29, 1.82) is 0 Å². The predicted octanol–water partition coefficient (Wildman–Crippen LogP) is 1.80. The number of halogens is 3. The van der Waals surface area contributed by atoms with Crippen LogP contribution in [0.25, 0.3) is 5.82 Å². The highest BCUT2D eigenvalue weighted by atomic mass is 19.4. The second-order valence-corrected chi connectivity index (χ2v) is 3.95. The first-order chi connectivity index (χ1) is 9.32. The molecule has 0 saturated carbocycles. The van der Waals surface area contributed by atoms with E-state index in [1.54, 1.807) is 11.6 Å². The largest absolute Gasteiger partial charge is 0.462 e. The van der Waals surface area contributed by atoms with Crippen LogP contribution in [0.5, 0.6) is 0 Å². The van der Waals surface area contributed by atoms with E-state index in [4.69, 9.17) is 0 Å². The fourth-order valence-corrected chi connectivity index (χ4v) is 1.58. The van der Waals surface area contributed by atoms with E-state index in [-0.39, 0.29) is 12.4 Å². The number of hydrogen-bond acceptors (Lipinski definition) is 4. The molecule has 0 aliphatic carbocycles. The molecule has 0 radical (unpaired) electrons. The quantitative estimate of drug-likeness (QED) is 0.808. The fraction of sp³-hybridized carbons (Fsp3) is 0.364. The molecule has 2 aromatic rings. The summed E-state index contributed by atoms with van der Waals surface area (Å²) < 4.78 is 45.7. The van der Waals surface area contributed by atoms with Gasteiger partial charge in [0, 0.05) is 19.4 Å². The van der Waals surface area contributed by atoms with Crippen LogP contribution in [0, 0.1) is 0 Å². The molecule has 0 spiro atoms. The van der Waals surface area contributed by atoms with Crippen LogP contribution in [0.3, 0.4) is 0 Å². The Labute approximate surface area is 111 Å². The highest BCUT2D eigenvalue weighted by Crippen LogP contribution is 2.31. The number of ether oxygens (including phenoxy) is 1. The van der Waals surface area contributed by atoms with E-state index in [0.29, 0.717) is 0 Å². The van der Waals surface area contributed by atoms with Gasteiger partial charge in [-0.05, 0) is 6.92 Å². The van der Waals surface area contributed by atoms with Crippen LogP contribution in [0.2, 0.25) is 0 Å². The molecule has 2 rings (SSSR count). The van der Waals surface area contributed by atoms with Gasteiger partial charge in [-0.1, -0.05) is 0 Å². The third-order valence-electron chi connectivity index (χ3n) is 2.40. The van der Waals surface area contributed by atoms with Gasteiger partial charge in [0.2, 0.25) is 0 Å². The van der Waals surface area contributed by atoms with E-state index >= 15 is 0 Å². The van der Waals surface area contributed by atoms with E-state index in [9.17, 15) is 18.0 Å². The summed E-state index contributed by atoms with van der Waals surface area (Å²) in [6, 6.07) is 0. The highest BCUT2D eigenvalue weighted by Gasteiger charge is 2.40. The molecule has 0 aliphatic rings. The van der Waals surface area contributed by atoms with Gasteiger partial charge in [-0.3, -0.25) is 0 Å². The van der Waals surface area contributed by atoms with Crippen LogP contribution in [-0.4, -0.2) is 31.9 Å². The molecule has 0 amide bonds. The maximum atomic E-state index is 12.9.